The number of carbonyl (C=O) groups is 1. The molecule has 88 valence electrons. The molecule has 0 saturated carbocycles. The highest BCUT2D eigenvalue weighted by molar-refractivity contribution is 6.35. The normalized spacial score (nSPS) is 10.3. The third kappa shape index (κ3) is 2.03. The Balaban J connectivity index is 2.77. The first kappa shape index (κ1) is 11.7. The van der Waals surface area contributed by atoms with Crippen molar-refractivity contribution < 1.29 is 14.3 Å². The molecule has 1 heterocycles. The second-order valence-electron chi connectivity index (χ2n) is 3.37. The van der Waals surface area contributed by atoms with Gasteiger partial charge in [0.1, 0.15) is 5.69 Å². The van der Waals surface area contributed by atoms with E-state index < -0.39 is 0 Å². The lowest BCUT2D eigenvalue weighted by Crippen LogP contribution is -1.94. The van der Waals surface area contributed by atoms with Gasteiger partial charge in [-0.1, -0.05) is 11.6 Å². The van der Waals surface area contributed by atoms with Crippen LogP contribution in [-0.2, 0) is 0 Å². The van der Waals surface area contributed by atoms with Crippen molar-refractivity contribution in [1.82, 2.24) is 4.98 Å². The Morgan fingerprint density at radius 3 is 2.41 bits per heavy atom. The summed E-state index contributed by atoms with van der Waals surface area (Å²) < 4.78 is 10.3. The van der Waals surface area contributed by atoms with Crippen molar-refractivity contribution in [1.29, 1.82) is 0 Å². The van der Waals surface area contributed by atoms with Crippen LogP contribution in [0, 0.1) is 0 Å². The minimum absolute atomic E-state index is 0.287. The van der Waals surface area contributed by atoms with Crippen molar-refractivity contribution in [2.75, 3.05) is 14.2 Å². The zero-order chi connectivity index (χ0) is 12.4. The van der Waals surface area contributed by atoms with Crippen molar-refractivity contribution >= 4 is 28.8 Å². The maximum atomic E-state index is 10.7. The van der Waals surface area contributed by atoms with E-state index in [2.05, 4.69) is 4.98 Å². The number of rotatable bonds is 3. The summed E-state index contributed by atoms with van der Waals surface area (Å²) >= 11 is 6.07. The van der Waals surface area contributed by atoms with E-state index in [1.807, 2.05) is 0 Å². The number of methoxy groups -OCH3 is 2. The fourth-order valence-electron chi connectivity index (χ4n) is 1.59. The highest BCUT2D eigenvalue weighted by atomic mass is 35.5. The van der Waals surface area contributed by atoms with Gasteiger partial charge in [0.2, 0.25) is 0 Å². The maximum absolute atomic E-state index is 10.7. The summed E-state index contributed by atoms with van der Waals surface area (Å²) in [5, 5.41) is 1.17. The summed E-state index contributed by atoms with van der Waals surface area (Å²) in [6.07, 6.45) is 0.655. The Kier molecular flexibility index (Phi) is 3.15. The molecule has 0 spiro atoms. The molecular weight excluding hydrogens is 242 g/mol. The van der Waals surface area contributed by atoms with Crippen LogP contribution in [0.1, 0.15) is 10.5 Å². The number of ether oxygens (including phenoxy) is 2. The number of carbonyl (C=O) groups excluding carboxylic acids is 1. The molecule has 0 amide bonds. The minimum atomic E-state index is 0.287. The molecule has 17 heavy (non-hydrogen) atoms. The van der Waals surface area contributed by atoms with Gasteiger partial charge < -0.3 is 9.47 Å². The van der Waals surface area contributed by atoms with Gasteiger partial charge >= 0.3 is 0 Å². The van der Waals surface area contributed by atoms with Gasteiger partial charge in [-0.2, -0.15) is 0 Å². The van der Waals surface area contributed by atoms with Crippen molar-refractivity contribution in [3.8, 4) is 11.5 Å². The third-order valence-corrected chi connectivity index (χ3v) is 2.72. The monoisotopic (exact) mass is 251 g/mol. The number of hydrogen-bond acceptors (Lipinski definition) is 4. The van der Waals surface area contributed by atoms with Crippen LogP contribution in [-0.4, -0.2) is 25.5 Å². The Hall–Kier alpha value is -1.81. The van der Waals surface area contributed by atoms with Gasteiger partial charge in [-0.25, -0.2) is 4.98 Å². The molecule has 0 atom stereocenters. The molecular formula is C12H10ClNO3. The Morgan fingerprint density at radius 2 is 1.82 bits per heavy atom. The zero-order valence-corrected chi connectivity index (χ0v) is 10.1. The van der Waals surface area contributed by atoms with E-state index in [4.69, 9.17) is 21.1 Å². The predicted molar refractivity (Wildman–Crippen MR) is 65.2 cm³/mol. The van der Waals surface area contributed by atoms with E-state index in [0.717, 1.165) is 5.39 Å². The summed E-state index contributed by atoms with van der Waals surface area (Å²) in [6.45, 7) is 0. The molecule has 4 nitrogen and oxygen atoms in total. The number of aromatic nitrogens is 1. The van der Waals surface area contributed by atoms with Crippen LogP contribution < -0.4 is 9.47 Å². The molecule has 0 N–H and O–H groups in total. The van der Waals surface area contributed by atoms with Crippen LogP contribution in [0.25, 0.3) is 10.9 Å². The topological polar surface area (TPSA) is 48.4 Å². The van der Waals surface area contributed by atoms with Crippen molar-refractivity contribution in [3.63, 3.8) is 0 Å². The van der Waals surface area contributed by atoms with E-state index in [1.54, 1.807) is 19.2 Å². The Labute approximate surface area is 103 Å². The molecule has 0 fully saturated rings. The van der Waals surface area contributed by atoms with Crippen LogP contribution in [0.15, 0.2) is 18.2 Å². The Bertz CT molecular complexity index is 583. The number of fused-ring (bicyclic) bond motifs is 1. The molecule has 0 aliphatic heterocycles. The van der Waals surface area contributed by atoms with Crippen LogP contribution in [0.4, 0.5) is 0 Å². The lowest BCUT2D eigenvalue weighted by atomic mass is 10.2. The summed E-state index contributed by atoms with van der Waals surface area (Å²) in [5.74, 6) is 1.12. The number of halogens is 1. The Morgan fingerprint density at radius 1 is 1.18 bits per heavy atom. The van der Waals surface area contributed by atoms with Crippen LogP contribution >= 0.6 is 11.6 Å². The smallest absolute Gasteiger partial charge is 0.168 e. The molecule has 2 rings (SSSR count). The zero-order valence-electron chi connectivity index (χ0n) is 9.36. The van der Waals surface area contributed by atoms with Gasteiger partial charge in [0.05, 0.1) is 24.8 Å². The molecule has 0 unspecified atom stereocenters. The van der Waals surface area contributed by atoms with Gasteiger partial charge in [0, 0.05) is 11.5 Å². The molecule has 5 heteroatoms. The van der Waals surface area contributed by atoms with Crippen molar-refractivity contribution in [3.05, 3.63) is 28.9 Å². The lowest BCUT2D eigenvalue weighted by molar-refractivity contribution is 0.111. The molecule has 1 aromatic carbocycles. The second-order valence-corrected chi connectivity index (χ2v) is 3.78. The summed E-state index contributed by atoms with van der Waals surface area (Å²) in [6, 6.07) is 4.94. The minimum Gasteiger partial charge on any atom is -0.493 e. The number of nitrogens with zero attached hydrogens (tertiary/aromatic N) is 1. The standard InChI is InChI=1S/C12H10ClNO3/c1-16-11-4-8-9(13)3-7(6-15)14-10(8)5-12(11)17-2/h3-6H,1-2H3. The highest BCUT2D eigenvalue weighted by Crippen LogP contribution is 2.34. The van der Waals surface area contributed by atoms with E-state index >= 15 is 0 Å². The first-order valence-electron chi connectivity index (χ1n) is 4.87. The first-order chi connectivity index (χ1) is 8.19. The molecule has 0 saturated heterocycles. The van der Waals surface area contributed by atoms with Gasteiger partial charge in [-0.15, -0.1) is 0 Å². The molecule has 0 aliphatic rings. The predicted octanol–water partition coefficient (Wildman–Crippen LogP) is 2.72. The number of benzene rings is 1. The average Bonchev–Trinajstić information content (AvgIpc) is 2.36. The molecule has 1 aromatic heterocycles. The number of hydrogen-bond donors (Lipinski definition) is 0. The van der Waals surface area contributed by atoms with Crippen molar-refractivity contribution in [2.24, 2.45) is 0 Å². The SMILES string of the molecule is COc1cc2nc(C=O)cc(Cl)c2cc1OC. The quantitative estimate of drug-likeness (QED) is 0.787. The van der Waals surface area contributed by atoms with E-state index in [-0.39, 0.29) is 5.69 Å². The average molecular weight is 252 g/mol. The van der Waals surface area contributed by atoms with Gasteiger partial charge in [0.15, 0.2) is 17.8 Å². The third-order valence-electron chi connectivity index (χ3n) is 2.40. The largest absolute Gasteiger partial charge is 0.493 e. The first-order valence-corrected chi connectivity index (χ1v) is 5.25. The van der Waals surface area contributed by atoms with E-state index in [1.165, 1.54) is 13.2 Å². The van der Waals surface area contributed by atoms with Crippen LogP contribution in [0.5, 0.6) is 11.5 Å². The van der Waals surface area contributed by atoms with Crippen LogP contribution in [0.3, 0.4) is 0 Å². The number of pyridine rings is 1. The molecule has 0 radical (unpaired) electrons. The van der Waals surface area contributed by atoms with Gasteiger partial charge in [0.25, 0.3) is 0 Å². The maximum Gasteiger partial charge on any atom is 0.168 e. The number of aldehydes is 1. The fraction of sp³-hybridized carbons (Fsp3) is 0.167. The highest BCUT2D eigenvalue weighted by Gasteiger charge is 2.10. The molecule has 0 bridgehead atoms. The second kappa shape index (κ2) is 4.59. The van der Waals surface area contributed by atoms with Crippen molar-refractivity contribution in [2.45, 2.75) is 0 Å². The van der Waals surface area contributed by atoms with E-state index in [0.29, 0.717) is 28.3 Å². The van der Waals surface area contributed by atoms with Gasteiger partial charge in [-0.05, 0) is 12.1 Å². The lowest BCUT2D eigenvalue weighted by Gasteiger charge is -2.09. The summed E-state index contributed by atoms with van der Waals surface area (Å²) in [4.78, 5) is 14.9. The van der Waals surface area contributed by atoms with Gasteiger partial charge in [-0.3, -0.25) is 4.79 Å². The molecule has 2 aromatic rings. The fourth-order valence-corrected chi connectivity index (χ4v) is 1.85. The van der Waals surface area contributed by atoms with E-state index in [9.17, 15) is 4.79 Å². The molecule has 0 aliphatic carbocycles. The summed E-state index contributed by atoms with van der Waals surface area (Å²) in [7, 11) is 3.08. The van der Waals surface area contributed by atoms with Crippen LogP contribution in [0.2, 0.25) is 5.02 Å². The summed E-state index contributed by atoms with van der Waals surface area (Å²) in [5.41, 5.74) is 0.881.